The molecule has 28 heavy (non-hydrogen) atoms. The summed E-state index contributed by atoms with van der Waals surface area (Å²) in [6.07, 6.45) is 0. The molecule has 4 rings (SSSR count). The third-order valence-electron chi connectivity index (χ3n) is 4.62. The van der Waals surface area contributed by atoms with Crippen molar-refractivity contribution in [3.8, 4) is 17.1 Å². The standard InChI is InChI=1S/C21H21N5O2/c1-11-6-5-7-15-9-16(10-27-17-8-12(2)23-21(22)24-17)20(25-19(11)15)18-13(3)26-28-14(18)4/h5-9H,10H2,1-4H3,(H2,22,23,24). The van der Waals surface area contributed by atoms with Gasteiger partial charge in [-0.25, -0.2) is 9.97 Å². The lowest BCUT2D eigenvalue weighted by molar-refractivity contribution is 0.294. The molecule has 0 amide bonds. The van der Waals surface area contributed by atoms with Crippen LogP contribution in [0, 0.1) is 27.7 Å². The fourth-order valence-corrected chi connectivity index (χ4v) is 3.33. The minimum Gasteiger partial charge on any atom is -0.473 e. The van der Waals surface area contributed by atoms with Crippen LogP contribution in [-0.2, 0) is 6.61 Å². The lowest BCUT2D eigenvalue weighted by atomic mass is 10.0. The Labute approximate surface area is 162 Å². The van der Waals surface area contributed by atoms with Gasteiger partial charge in [-0.1, -0.05) is 23.4 Å². The molecule has 142 valence electrons. The van der Waals surface area contributed by atoms with Crippen LogP contribution in [0.5, 0.6) is 5.88 Å². The lowest BCUT2D eigenvalue weighted by Gasteiger charge is -2.13. The number of rotatable bonds is 4. The molecule has 2 N–H and O–H groups in total. The summed E-state index contributed by atoms with van der Waals surface area (Å²) in [5.74, 6) is 1.34. The van der Waals surface area contributed by atoms with Gasteiger partial charge in [0.1, 0.15) is 12.4 Å². The number of ether oxygens (including phenoxy) is 1. The zero-order valence-corrected chi connectivity index (χ0v) is 16.3. The number of aryl methyl sites for hydroxylation is 4. The fraction of sp³-hybridized carbons (Fsp3) is 0.238. The Morgan fingerprint density at radius 2 is 1.86 bits per heavy atom. The molecule has 7 nitrogen and oxygen atoms in total. The molecule has 0 aliphatic heterocycles. The van der Waals surface area contributed by atoms with Crippen molar-refractivity contribution in [3.05, 3.63) is 58.6 Å². The van der Waals surface area contributed by atoms with Gasteiger partial charge in [-0.2, -0.15) is 4.98 Å². The molecule has 4 aromatic rings. The summed E-state index contributed by atoms with van der Waals surface area (Å²) in [6.45, 7) is 7.98. The number of nitrogens with zero attached hydrogens (tertiary/aromatic N) is 4. The van der Waals surface area contributed by atoms with E-state index in [2.05, 4.69) is 34.2 Å². The van der Waals surface area contributed by atoms with Crippen LogP contribution in [0.15, 0.2) is 34.9 Å². The molecule has 0 atom stereocenters. The van der Waals surface area contributed by atoms with Gasteiger partial charge in [0, 0.05) is 22.7 Å². The summed E-state index contributed by atoms with van der Waals surface area (Å²) in [4.78, 5) is 13.2. The van der Waals surface area contributed by atoms with Crippen molar-refractivity contribution in [1.82, 2.24) is 20.1 Å². The summed E-state index contributed by atoms with van der Waals surface area (Å²) >= 11 is 0. The maximum atomic E-state index is 5.93. The van der Waals surface area contributed by atoms with Crippen LogP contribution in [0.1, 0.15) is 28.3 Å². The van der Waals surface area contributed by atoms with Crippen molar-refractivity contribution in [1.29, 1.82) is 0 Å². The predicted molar refractivity (Wildman–Crippen MR) is 107 cm³/mol. The smallest absolute Gasteiger partial charge is 0.223 e. The van der Waals surface area contributed by atoms with Gasteiger partial charge in [-0.3, -0.25) is 0 Å². The number of nitrogen functional groups attached to an aromatic ring is 1. The summed E-state index contributed by atoms with van der Waals surface area (Å²) in [5, 5.41) is 5.13. The minimum absolute atomic E-state index is 0.188. The fourth-order valence-electron chi connectivity index (χ4n) is 3.33. The first-order valence-electron chi connectivity index (χ1n) is 8.99. The molecule has 3 aromatic heterocycles. The van der Waals surface area contributed by atoms with Gasteiger partial charge in [0.15, 0.2) is 0 Å². The normalized spacial score (nSPS) is 11.1. The molecule has 1 aromatic carbocycles. The lowest BCUT2D eigenvalue weighted by Crippen LogP contribution is -2.05. The first-order chi connectivity index (χ1) is 13.4. The molecule has 3 heterocycles. The molecule has 7 heteroatoms. The van der Waals surface area contributed by atoms with Gasteiger partial charge < -0.3 is 15.0 Å². The molecule has 0 spiro atoms. The van der Waals surface area contributed by atoms with Crippen molar-refractivity contribution >= 4 is 16.9 Å². The van der Waals surface area contributed by atoms with Crippen LogP contribution in [-0.4, -0.2) is 20.1 Å². The summed E-state index contributed by atoms with van der Waals surface area (Å²) < 4.78 is 11.3. The largest absolute Gasteiger partial charge is 0.473 e. The van der Waals surface area contributed by atoms with E-state index in [0.29, 0.717) is 5.88 Å². The average Bonchev–Trinajstić information content (AvgIpc) is 2.97. The Balaban J connectivity index is 1.82. The van der Waals surface area contributed by atoms with Crippen molar-refractivity contribution in [2.75, 3.05) is 5.73 Å². The van der Waals surface area contributed by atoms with E-state index >= 15 is 0 Å². The highest BCUT2D eigenvalue weighted by Gasteiger charge is 2.19. The second-order valence-corrected chi connectivity index (χ2v) is 6.84. The van der Waals surface area contributed by atoms with Crippen molar-refractivity contribution < 1.29 is 9.26 Å². The quantitative estimate of drug-likeness (QED) is 0.574. The Hall–Kier alpha value is -3.48. The van der Waals surface area contributed by atoms with E-state index in [4.69, 9.17) is 20.0 Å². The maximum absolute atomic E-state index is 5.93. The monoisotopic (exact) mass is 375 g/mol. The highest BCUT2D eigenvalue weighted by atomic mass is 16.5. The summed E-state index contributed by atoms with van der Waals surface area (Å²) in [5.41, 5.74) is 11.9. The number of hydrogen-bond donors (Lipinski definition) is 1. The zero-order chi connectivity index (χ0) is 19.8. The van der Waals surface area contributed by atoms with Crippen molar-refractivity contribution in [2.24, 2.45) is 0 Å². The predicted octanol–water partition coefficient (Wildman–Crippen LogP) is 4.07. The number of pyridine rings is 1. The number of anilines is 1. The van der Waals surface area contributed by atoms with E-state index in [-0.39, 0.29) is 12.6 Å². The van der Waals surface area contributed by atoms with Crippen LogP contribution >= 0.6 is 0 Å². The van der Waals surface area contributed by atoms with E-state index in [1.165, 1.54) is 0 Å². The first-order valence-corrected chi connectivity index (χ1v) is 8.99. The number of nitrogens with two attached hydrogens (primary N) is 1. The van der Waals surface area contributed by atoms with Gasteiger partial charge in [0.05, 0.1) is 22.5 Å². The highest BCUT2D eigenvalue weighted by molar-refractivity contribution is 5.86. The maximum Gasteiger partial charge on any atom is 0.223 e. The number of fused-ring (bicyclic) bond motifs is 1. The van der Waals surface area contributed by atoms with Crippen LogP contribution in [0.4, 0.5) is 5.95 Å². The van der Waals surface area contributed by atoms with Gasteiger partial charge in [0.2, 0.25) is 11.8 Å². The van der Waals surface area contributed by atoms with E-state index in [9.17, 15) is 0 Å². The average molecular weight is 375 g/mol. The SMILES string of the molecule is Cc1cc(OCc2cc3cccc(C)c3nc2-c2c(C)noc2C)nc(N)n1. The molecular formula is C21H21N5O2. The Kier molecular flexibility index (Phi) is 4.43. The molecule has 0 fully saturated rings. The minimum atomic E-state index is 0.188. The van der Waals surface area contributed by atoms with Gasteiger partial charge >= 0.3 is 0 Å². The number of benzene rings is 1. The second-order valence-electron chi connectivity index (χ2n) is 6.84. The van der Waals surface area contributed by atoms with E-state index in [1.54, 1.807) is 6.07 Å². The summed E-state index contributed by atoms with van der Waals surface area (Å²) in [7, 11) is 0. The second kappa shape index (κ2) is 6.92. The Morgan fingerprint density at radius 1 is 1.04 bits per heavy atom. The van der Waals surface area contributed by atoms with Crippen molar-refractivity contribution in [2.45, 2.75) is 34.3 Å². The third kappa shape index (κ3) is 3.26. The van der Waals surface area contributed by atoms with Crippen LogP contribution in [0.3, 0.4) is 0 Å². The van der Waals surface area contributed by atoms with E-state index in [0.717, 1.165) is 50.4 Å². The first kappa shape index (κ1) is 17.9. The van der Waals surface area contributed by atoms with E-state index < -0.39 is 0 Å². The molecular weight excluding hydrogens is 354 g/mol. The van der Waals surface area contributed by atoms with Crippen LogP contribution in [0.25, 0.3) is 22.2 Å². The third-order valence-corrected chi connectivity index (χ3v) is 4.62. The topological polar surface area (TPSA) is 100.0 Å². The van der Waals surface area contributed by atoms with Gasteiger partial charge in [0.25, 0.3) is 0 Å². The zero-order valence-electron chi connectivity index (χ0n) is 16.3. The van der Waals surface area contributed by atoms with Crippen molar-refractivity contribution in [3.63, 3.8) is 0 Å². The van der Waals surface area contributed by atoms with Crippen LogP contribution < -0.4 is 10.5 Å². The summed E-state index contributed by atoms with van der Waals surface area (Å²) in [6, 6.07) is 9.96. The van der Waals surface area contributed by atoms with Crippen LogP contribution in [0.2, 0.25) is 0 Å². The molecule has 0 bridgehead atoms. The number of hydrogen-bond acceptors (Lipinski definition) is 7. The number of aromatic nitrogens is 4. The Morgan fingerprint density at radius 3 is 2.57 bits per heavy atom. The van der Waals surface area contributed by atoms with Gasteiger partial charge in [-0.15, -0.1) is 0 Å². The number of para-hydroxylation sites is 1. The molecule has 0 saturated heterocycles. The molecule has 0 saturated carbocycles. The molecule has 0 aliphatic carbocycles. The van der Waals surface area contributed by atoms with E-state index in [1.807, 2.05) is 32.9 Å². The highest BCUT2D eigenvalue weighted by Crippen LogP contribution is 2.32. The van der Waals surface area contributed by atoms with Gasteiger partial charge in [-0.05, 0) is 39.3 Å². The Bertz CT molecular complexity index is 1140. The molecule has 0 aliphatic rings. The molecule has 0 unspecified atom stereocenters. The molecule has 0 radical (unpaired) electrons.